The van der Waals surface area contributed by atoms with E-state index >= 15 is 0 Å². The minimum atomic E-state index is -3.80. The Balaban J connectivity index is 2.08. The van der Waals surface area contributed by atoms with Crippen LogP contribution >= 0.6 is 0 Å². The number of nitrogens with zero attached hydrogens (tertiary/aromatic N) is 1. The molecule has 2 aromatic rings. The van der Waals surface area contributed by atoms with Crippen molar-refractivity contribution in [2.24, 2.45) is 0 Å². The summed E-state index contributed by atoms with van der Waals surface area (Å²) in [7, 11) is -2.34. The van der Waals surface area contributed by atoms with E-state index in [1.807, 2.05) is 0 Å². The first-order valence-corrected chi connectivity index (χ1v) is 9.10. The molecule has 0 fully saturated rings. The lowest BCUT2D eigenvalue weighted by Gasteiger charge is -2.22. The molecule has 6 nitrogen and oxygen atoms in total. The van der Waals surface area contributed by atoms with Gasteiger partial charge in [0, 0.05) is 26.1 Å². The summed E-state index contributed by atoms with van der Waals surface area (Å²) in [5, 5.41) is 0. The van der Waals surface area contributed by atoms with Crippen molar-refractivity contribution in [3.05, 3.63) is 54.1 Å². The van der Waals surface area contributed by atoms with Crippen LogP contribution < -0.4 is 14.4 Å². The monoisotopic (exact) mass is 384 g/mol. The first kappa shape index (κ1) is 19.8. The molecule has 0 radical (unpaired) electrons. The summed E-state index contributed by atoms with van der Waals surface area (Å²) in [6.07, 6.45) is 0. The minimum Gasteiger partial charge on any atom is -0.497 e. The van der Waals surface area contributed by atoms with Crippen LogP contribution in [-0.4, -0.2) is 34.5 Å². The zero-order valence-corrected chi connectivity index (χ0v) is 15.0. The molecule has 1 N–H and O–H groups in total. The summed E-state index contributed by atoms with van der Waals surface area (Å²) in [6.45, 7) is 0.943. The fraction of sp³-hybridized carbons (Fsp3) is 0.235. The fourth-order valence-corrected chi connectivity index (χ4v) is 3.30. The van der Waals surface area contributed by atoms with Crippen molar-refractivity contribution in [3.63, 3.8) is 0 Å². The van der Waals surface area contributed by atoms with Gasteiger partial charge in [-0.15, -0.1) is 0 Å². The molecular formula is C17H18F2N2O4S. The lowest BCUT2D eigenvalue weighted by molar-refractivity contribution is -0.116. The standard InChI is InChI=1S/C17H18F2N2O4S/c1-12(22)21(17-8-3-13(18)11-16(17)19)10-9-20-26(23,24)15-6-4-14(25-2)5-7-15/h3-8,11,20H,9-10H2,1-2H3. The number of methoxy groups -OCH3 is 1. The predicted molar refractivity (Wildman–Crippen MR) is 92.6 cm³/mol. The zero-order chi connectivity index (χ0) is 19.3. The molecule has 9 heteroatoms. The average Bonchev–Trinajstić information content (AvgIpc) is 2.59. The van der Waals surface area contributed by atoms with E-state index < -0.39 is 27.6 Å². The first-order valence-electron chi connectivity index (χ1n) is 7.61. The Morgan fingerprint density at radius 3 is 2.35 bits per heavy atom. The molecule has 2 aromatic carbocycles. The maximum absolute atomic E-state index is 13.9. The second kappa shape index (κ2) is 8.24. The van der Waals surface area contributed by atoms with E-state index in [-0.39, 0.29) is 23.7 Å². The van der Waals surface area contributed by atoms with Crippen molar-refractivity contribution < 1.29 is 26.7 Å². The Bertz CT molecular complexity index is 886. The van der Waals surface area contributed by atoms with Crippen LogP contribution in [-0.2, 0) is 14.8 Å². The molecule has 0 aliphatic heterocycles. The van der Waals surface area contributed by atoms with Gasteiger partial charge in [0.15, 0.2) is 0 Å². The van der Waals surface area contributed by atoms with Crippen molar-refractivity contribution >= 4 is 21.6 Å². The van der Waals surface area contributed by atoms with Crippen molar-refractivity contribution in [1.29, 1.82) is 0 Å². The largest absolute Gasteiger partial charge is 0.497 e. The summed E-state index contributed by atoms with van der Waals surface area (Å²) < 4.78 is 58.7. The highest BCUT2D eigenvalue weighted by Gasteiger charge is 2.18. The molecule has 1 amide bonds. The Hall–Kier alpha value is -2.52. The predicted octanol–water partition coefficient (Wildman–Crippen LogP) is 2.30. The van der Waals surface area contributed by atoms with Crippen LogP contribution in [0.4, 0.5) is 14.5 Å². The van der Waals surface area contributed by atoms with E-state index in [1.54, 1.807) is 0 Å². The highest BCUT2D eigenvalue weighted by Crippen LogP contribution is 2.20. The van der Waals surface area contributed by atoms with Gasteiger partial charge >= 0.3 is 0 Å². The molecule has 0 atom stereocenters. The number of rotatable bonds is 7. The third kappa shape index (κ3) is 4.77. The maximum Gasteiger partial charge on any atom is 0.240 e. The second-order valence-corrected chi connectivity index (χ2v) is 7.11. The third-order valence-corrected chi connectivity index (χ3v) is 5.05. The molecule has 0 aliphatic carbocycles. The summed E-state index contributed by atoms with van der Waals surface area (Å²) >= 11 is 0. The van der Waals surface area contributed by atoms with Crippen LogP contribution in [0.1, 0.15) is 6.92 Å². The number of hydrogen-bond acceptors (Lipinski definition) is 4. The van der Waals surface area contributed by atoms with Gasteiger partial charge in [-0.3, -0.25) is 4.79 Å². The lowest BCUT2D eigenvalue weighted by atomic mass is 10.2. The van der Waals surface area contributed by atoms with E-state index in [9.17, 15) is 22.0 Å². The van der Waals surface area contributed by atoms with Crippen LogP contribution in [0.15, 0.2) is 47.4 Å². The normalized spacial score (nSPS) is 11.2. The molecular weight excluding hydrogens is 366 g/mol. The molecule has 140 valence electrons. The number of carbonyl (C=O) groups is 1. The number of sulfonamides is 1. The Morgan fingerprint density at radius 1 is 1.15 bits per heavy atom. The summed E-state index contributed by atoms with van der Waals surface area (Å²) in [6, 6.07) is 8.58. The van der Waals surface area contributed by atoms with Gasteiger partial charge in [0.05, 0.1) is 17.7 Å². The van der Waals surface area contributed by atoms with Crippen molar-refractivity contribution in [1.82, 2.24) is 4.72 Å². The van der Waals surface area contributed by atoms with E-state index in [0.29, 0.717) is 11.8 Å². The lowest BCUT2D eigenvalue weighted by Crippen LogP contribution is -2.38. The van der Waals surface area contributed by atoms with Crippen LogP contribution in [0.3, 0.4) is 0 Å². The molecule has 0 aliphatic rings. The van der Waals surface area contributed by atoms with Crippen LogP contribution in [0.2, 0.25) is 0 Å². The van der Waals surface area contributed by atoms with E-state index in [4.69, 9.17) is 4.74 Å². The van der Waals surface area contributed by atoms with Gasteiger partial charge in [-0.2, -0.15) is 0 Å². The van der Waals surface area contributed by atoms with Gasteiger partial charge in [-0.1, -0.05) is 0 Å². The highest BCUT2D eigenvalue weighted by molar-refractivity contribution is 7.89. The number of hydrogen-bond donors (Lipinski definition) is 1. The van der Waals surface area contributed by atoms with E-state index in [0.717, 1.165) is 17.0 Å². The quantitative estimate of drug-likeness (QED) is 0.795. The SMILES string of the molecule is COc1ccc(S(=O)(=O)NCCN(C(C)=O)c2ccc(F)cc2F)cc1. The molecule has 0 aromatic heterocycles. The number of amides is 1. The smallest absolute Gasteiger partial charge is 0.240 e. The molecule has 2 rings (SSSR count). The van der Waals surface area contributed by atoms with Gasteiger partial charge in [0.25, 0.3) is 0 Å². The van der Waals surface area contributed by atoms with E-state index in [1.165, 1.54) is 38.3 Å². The maximum atomic E-state index is 13.9. The minimum absolute atomic E-state index is 0.0284. The Kier molecular flexibility index (Phi) is 6.27. The molecule has 0 saturated carbocycles. The number of ether oxygens (including phenoxy) is 1. The van der Waals surface area contributed by atoms with Crippen molar-refractivity contribution in [3.8, 4) is 5.75 Å². The summed E-state index contributed by atoms with van der Waals surface area (Å²) in [5.41, 5.74) is -0.123. The molecule has 0 spiro atoms. The third-order valence-electron chi connectivity index (χ3n) is 3.58. The second-order valence-electron chi connectivity index (χ2n) is 5.34. The van der Waals surface area contributed by atoms with Gasteiger partial charge < -0.3 is 9.64 Å². The summed E-state index contributed by atoms with van der Waals surface area (Å²) in [4.78, 5) is 12.8. The van der Waals surface area contributed by atoms with Gasteiger partial charge in [-0.25, -0.2) is 21.9 Å². The van der Waals surface area contributed by atoms with Gasteiger partial charge in [-0.05, 0) is 36.4 Å². The molecule has 0 saturated heterocycles. The van der Waals surface area contributed by atoms with Gasteiger partial charge in [0.1, 0.15) is 17.4 Å². The fourth-order valence-electron chi connectivity index (χ4n) is 2.28. The topological polar surface area (TPSA) is 75.7 Å². The number of halogens is 2. The number of benzene rings is 2. The average molecular weight is 384 g/mol. The van der Waals surface area contributed by atoms with Crippen LogP contribution in [0, 0.1) is 11.6 Å². The van der Waals surface area contributed by atoms with Crippen LogP contribution in [0.5, 0.6) is 5.75 Å². The molecule has 26 heavy (non-hydrogen) atoms. The van der Waals surface area contributed by atoms with Crippen LogP contribution in [0.25, 0.3) is 0 Å². The first-order chi connectivity index (χ1) is 12.2. The Morgan fingerprint density at radius 2 is 1.81 bits per heavy atom. The number of carbonyl (C=O) groups excluding carboxylic acids is 1. The number of anilines is 1. The molecule has 0 bridgehead atoms. The van der Waals surface area contributed by atoms with Crippen molar-refractivity contribution in [2.45, 2.75) is 11.8 Å². The number of nitrogens with one attached hydrogen (secondary N) is 1. The van der Waals surface area contributed by atoms with E-state index in [2.05, 4.69) is 4.72 Å². The van der Waals surface area contributed by atoms with Gasteiger partial charge in [0.2, 0.25) is 15.9 Å². The Labute approximate surface area is 150 Å². The summed E-state index contributed by atoms with van der Waals surface area (Å²) in [5.74, 6) is -1.66. The molecule has 0 heterocycles. The highest BCUT2D eigenvalue weighted by atomic mass is 32.2. The van der Waals surface area contributed by atoms with Crippen molar-refractivity contribution in [2.75, 3.05) is 25.1 Å². The zero-order valence-electron chi connectivity index (χ0n) is 14.2. The molecule has 0 unspecified atom stereocenters.